The van der Waals surface area contributed by atoms with E-state index in [1.807, 2.05) is 0 Å². The summed E-state index contributed by atoms with van der Waals surface area (Å²) in [4.78, 5) is 72.2. The van der Waals surface area contributed by atoms with Crippen molar-refractivity contribution in [3.8, 4) is 0 Å². The van der Waals surface area contributed by atoms with Gasteiger partial charge in [0.15, 0.2) is 12.2 Å². The van der Waals surface area contributed by atoms with Gasteiger partial charge >= 0.3 is 39.5 Å². The fraction of sp³-hybridized carbons (Fsp3) is 0.940. The summed E-state index contributed by atoms with van der Waals surface area (Å²) in [6.45, 7) is 9.48. The molecule has 0 saturated heterocycles. The zero-order valence-corrected chi connectivity index (χ0v) is 57.4. The van der Waals surface area contributed by atoms with Gasteiger partial charge in [0.1, 0.15) is 19.3 Å². The van der Waals surface area contributed by atoms with Crippen LogP contribution in [0.4, 0.5) is 0 Å². The van der Waals surface area contributed by atoms with Crippen molar-refractivity contribution >= 4 is 39.5 Å². The number of hydrogen-bond acceptors (Lipinski definition) is 15. The summed E-state index contributed by atoms with van der Waals surface area (Å²) in [6, 6.07) is 0. The first-order valence-electron chi connectivity index (χ1n) is 35.0. The molecule has 0 aliphatic rings. The Morgan fingerprint density at radius 3 is 0.791 bits per heavy atom. The minimum absolute atomic E-state index is 0.105. The summed E-state index contributed by atoms with van der Waals surface area (Å²) in [7, 11) is -9.89. The van der Waals surface area contributed by atoms with Gasteiger partial charge in [-0.1, -0.05) is 286 Å². The molecule has 0 aromatic heterocycles. The number of hydrogen-bond donors (Lipinski definition) is 3. The van der Waals surface area contributed by atoms with Gasteiger partial charge in [0, 0.05) is 25.7 Å². The highest BCUT2D eigenvalue weighted by atomic mass is 31.2. The Bertz CT molecular complexity index is 1680. The number of carbonyl (C=O) groups is 4. The molecule has 86 heavy (non-hydrogen) atoms. The normalized spacial score (nSPS) is 14.2. The Morgan fingerprint density at radius 2 is 0.535 bits per heavy atom. The smallest absolute Gasteiger partial charge is 0.462 e. The first-order valence-corrected chi connectivity index (χ1v) is 38.0. The first-order chi connectivity index (χ1) is 41.4. The molecule has 19 heteroatoms. The van der Waals surface area contributed by atoms with Crippen LogP contribution < -0.4 is 0 Å². The van der Waals surface area contributed by atoms with Gasteiger partial charge in [-0.3, -0.25) is 37.3 Å². The number of ether oxygens (including phenoxy) is 4. The molecule has 0 rings (SSSR count). The van der Waals surface area contributed by atoms with E-state index < -0.39 is 97.5 Å². The van der Waals surface area contributed by atoms with Crippen molar-refractivity contribution in [1.29, 1.82) is 0 Å². The van der Waals surface area contributed by atoms with Gasteiger partial charge in [-0.15, -0.1) is 0 Å². The van der Waals surface area contributed by atoms with Crippen molar-refractivity contribution in [3.63, 3.8) is 0 Å². The number of rotatable bonds is 66. The summed E-state index contributed by atoms with van der Waals surface area (Å²) >= 11 is 0. The highest BCUT2D eigenvalue weighted by Gasteiger charge is 2.30. The van der Waals surface area contributed by atoms with Gasteiger partial charge in [-0.25, -0.2) is 9.13 Å². The monoisotopic (exact) mass is 1270 g/mol. The van der Waals surface area contributed by atoms with Gasteiger partial charge in [0.25, 0.3) is 0 Å². The molecule has 0 bridgehead atoms. The van der Waals surface area contributed by atoms with E-state index in [4.69, 9.17) is 37.0 Å². The van der Waals surface area contributed by atoms with Crippen molar-refractivity contribution in [3.05, 3.63) is 0 Å². The molecule has 0 aliphatic carbocycles. The molecule has 0 aromatic rings. The van der Waals surface area contributed by atoms with Crippen LogP contribution in [0.1, 0.15) is 337 Å². The number of phosphoric acid groups is 2. The average molecular weight is 1270 g/mol. The Balaban J connectivity index is 5.20. The Labute approximate surface area is 524 Å². The molecule has 17 nitrogen and oxygen atoms in total. The Hall–Kier alpha value is -1.94. The quantitative estimate of drug-likeness (QED) is 0.0222. The fourth-order valence-corrected chi connectivity index (χ4v) is 11.6. The molecule has 0 radical (unpaired) electrons. The largest absolute Gasteiger partial charge is 0.472 e. The van der Waals surface area contributed by atoms with E-state index in [9.17, 15) is 43.2 Å². The van der Waals surface area contributed by atoms with Crippen LogP contribution in [-0.4, -0.2) is 96.7 Å². The minimum Gasteiger partial charge on any atom is -0.462 e. The Kier molecular flexibility index (Phi) is 58.0. The summed E-state index contributed by atoms with van der Waals surface area (Å²) in [6.07, 6.45) is 43.1. The van der Waals surface area contributed by atoms with Crippen LogP contribution in [0.5, 0.6) is 0 Å². The first kappa shape index (κ1) is 84.1. The van der Waals surface area contributed by atoms with Gasteiger partial charge in [0.2, 0.25) is 0 Å². The van der Waals surface area contributed by atoms with E-state index in [2.05, 4.69) is 41.5 Å². The van der Waals surface area contributed by atoms with Crippen molar-refractivity contribution in [2.75, 3.05) is 39.6 Å². The molecule has 2 unspecified atom stereocenters. The molecule has 0 aromatic carbocycles. The number of phosphoric ester groups is 2. The molecule has 0 saturated carbocycles. The summed E-state index contributed by atoms with van der Waals surface area (Å²) < 4.78 is 68.0. The fourth-order valence-electron chi connectivity index (χ4n) is 10.1. The molecule has 3 N–H and O–H groups in total. The predicted molar refractivity (Wildman–Crippen MR) is 345 cm³/mol. The molecular weight excluding hydrogens is 1140 g/mol. The number of aliphatic hydroxyl groups excluding tert-OH is 1. The number of esters is 4. The highest BCUT2D eigenvalue weighted by Crippen LogP contribution is 2.45. The second kappa shape index (κ2) is 59.4. The molecule has 0 fully saturated rings. The van der Waals surface area contributed by atoms with Crippen LogP contribution in [-0.2, 0) is 65.4 Å². The van der Waals surface area contributed by atoms with Gasteiger partial charge in [0.05, 0.1) is 26.4 Å². The van der Waals surface area contributed by atoms with E-state index >= 15 is 0 Å². The van der Waals surface area contributed by atoms with Crippen molar-refractivity contribution < 1.29 is 80.2 Å². The van der Waals surface area contributed by atoms with Crippen LogP contribution in [0.2, 0.25) is 0 Å². The average Bonchev–Trinajstić information content (AvgIpc) is 3.55. The maximum atomic E-state index is 13.0. The van der Waals surface area contributed by atoms with Crippen LogP contribution in [0, 0.1) is 11.8 Å². The lowest BCUT2D eigenvalue weighted by Crippen LogP contribution is -2.30. The zero-order valence-electron chi connectivity index (χ0n) is 55.6. The van der Waals surface area contributed by atoms with Crippen LogP contribution in [0.15, 0.2) is 0 Å². The molecule has 5 atom stereocenters. The molecule has 510 valence electrons. The lowest BCUT2D eigenvalue weighted by atomic mass is 10.0. The minimum atomic E-state index is -4.95. The summed E-state index contributed by atoms with van der Waals surface area (Å²) in [5.41, 5.74) is 0. The SMILES string of the molecule is CCCCCCCCCCCC(=O)O[C@H](COC(=O)CCCCCCCCCC)COP(=O)(O)OC[C@H](O)COP(=O)(O)OC[C@@H](COC(=O)CCCCCCCCCCCC(C)C)OC(=O)CCCCCCCCCCCCCCCCC(C)C. The van der Waals surface area contributed by atoms with E-state index in [0.717, 1.165) is 108 Å². The highest BCUT2D eigenvalue weighted by molar-refractivity contribution is 7.47. The zero-order chi connectivity index (χ0) is 63.6. The molecule has 0 amide bonds. The van der Waals surface area contributed by atoms with Crippen molar-refractivity contribution in [2.24, 2.45) is 11.8 Å². The van der Waals surface area contributed by atoms with Gasteiger partial charge in [-0.05, 0) is 37.5 Å². The van der Waals surface area contributed by atoms with Crippen LogP contribution >= 0.6 is 15.6 Å². The van der Waals surface area contributed by atoms with Crippen molar-refractivity contribution in [2.45, 2.75) is 355 Å². The second-order valence-corrected chi connectivity index (χ2v) is 28.1. The third-order valence-electron chi connectivity index (χ3n) is 15.5. The molecule has 0 heterocycles. The lowest BCUT2D eigenvalue weighted by Gasteiger charge is -2.21. The number of aliphatic hydroxyl groups is 1. The number of unbranched alkanes of at least 4 members (excludes halogenated alkanes) is 36. The van der Waals surface area contributed by atoms with E-state index in [-0.39, 0.29) is 25.7 Å². The van der Waals surface area contributed by atoms with Gasteiger partial charge in [-0.2, -0.15) is 0 Å². The molecule has 0 aliphatic heterocycles. The summed E-state index contributed by atoms with van der Waals surface area (Å²) in [5, 5.41) is 10.5. The van der Waals surface area contributed by atoms with E-state index in [0.29, 0.717) is 25.7 Å². The topological polar surface area (TPSA) is 237 Å². The number of carbonyl (C=O) groups excluding carboxylic acids is 4. The maximum Gasteiger partial charge on any atom is 0.472 e. The second-order valence-electron chi connectivity index (χ2n) is 25.2. The maximum absolute atomic E-state index is 13.0. The van der Waals surface area contributed by atoms with Crippen LogP contribution in [0.3, 0.4) is 0 Å². The molecule has 0 spiro atoms. The Morgan fingerprint density at radius 1 is 0.314 bits per heavy atom. The van der Waals surface area contributed by atoms with E-state index in [1.165, 1.54) is 148 Å². The van der Waals surface area contributed by atoms with Crippen LogP contribution in [0.25, 0.3) is 0 Å². The van der Waals surface area contributed by atoms with E-state index in [1.54, 1.807) is 0 Å². The predicted octanol–water partition coefficient (Wildman–Crippen LogP) is 18.8. The summed E-state index contributed by atoms with van der Waals surface area (Å²) in [5.74, 6) is -0.593. The lowest BCUT2D eigenvalue weighted by molar-refractivity contribution is -0.161. The molecular formula is C67H130O17P2. The standard InChI is InChI=1S/C67H130O17P2/c1-7-9-11-13-15-24-33-39-45-51-66(71)83-62(55-77-64(69)49-43-37-31-16-14-12-10-8-2)57-81-85(73,74)79-53-61(68)54-80-86(75,76)82-58-63(56-78-65(70)50-44-38-32-28-23-26-30-36-42-48-60(5)6)84-67(72)52-46-40-34-27-22-20-18-17-19-21-25-29-35-41-47-59(3)4/h59-63,68H,7-58H2,1-6H3,(H,73,74)(H,75,76)/t61-,62+,63+/m0/s1. The van der Waals surface area contributed by atoms with Crippen molar-refractivity contribution in [1.82, 2.24) is 0 Å². The third kappa shape index (κ3) is 60.9. The third-order valence-corrected chi connectivity index (χ3v) is 17.4. The van der Waals surface area contributed by atoms with Gasteiger partial charge < -0.3 is 33.8 Å².